The van der Waals surface area contributed by atoms with E-state index in [0.29, 0.717) is 18.7 Å². The van der Waals surface area contributed by atoms with E-state index < -0.39 is 0 Å². The Morgan fingerprint density at radius 3 is 2.53 bits per heavy atom. The standard InChI is InChI=1S/C29H28N6O/c1-3-23(30-9-1)28-32-14-25(34-28)17-5-7-19-18(11-17)15-36-26-13-20-16(12-21(19)26)6-8-22-27(20)35-29(33-22)24-4-2-10-31-24/h5-8,11-14,23-24,30-31H,1-4,9-10,15H2,(H,32,34)(H,33,35). The molecular weight excluding hydrogens is 448 g/mol. The zero-order valence-electron chi connectivity index (χ0n) is 20.0. The van der Waals surface area contributed by atoms with E-state index in [4.69, 9.17) is 9.72 Å². The predicted octanol–water partition coefficient (Wildman–Crippen LogP) is 5.51. The highest BCUT2D eigenvalue weighted by atomic mass is 16.5. The van der Waals surface area contributed by atoms with Crippen molar-refractivity contribution in [1.82, 2.24) is 30.6 Å². The van der Waals surface area contributed by atoms with Gasteiger partial charge in [0.25, 0.3) is 0 Å². The highest BCUT2D eigenvalue weighted by Crippen LogP contribution is 2.42. The lowest BCUT2D eigenvalue weighted by molar-refractivity contribution is 0.303. The third-order valence-corrected chi connectivity index (χ3v) is 8.05. The molecule has 36 heavy (non-hydrogen) atoms. The van der Waals surface area contributed by atoms with Crippen LogP contribution in [0.3, 0.4) is 0 Å². The molecule has 8 rings (SSSR count). The van der Waals surface area contributed by atoms with E-state index in [2.05, 4.69) is 68.1 Å². The SMILES string of the molecule is c1cc2c(cc1-c1cnc(C3CCCN3)[nH]1)COc1cc3c(ccc4[nH]c(C5CCCN5)nc43)cc1-2. The van der Waals surface area contributed by atoms with Crippen LogP contribution < -0.4 is 15.4 Å². The Bertz CT molecular complexity index is 1620. The van der Waals surface area contributed by atoms with Crippen LogP contribution in [0.4, 0.5) is 0 Å². The van der Waals surface area contributed by atoms with Gasteiger partial charge in [0.1, 0.15) is 24.0 Å². The number of hydrogen-bond acceptors (Lipinski definition) is 5. The Kier molecular flexibility index (Phi) is 4.51. The number of aromatic amines is 2. The van der Waals surface area contributed by atoms with Crippen molar-refractivity contribution in [3.8, 4) is 28.1 Å². The first-order valence-electron chi connectivity index (χ1n) is 13.0. The van der Waals surface area contributed by atoms with E-state index in [1.54, 1.807) is 0 Å². The molecule has 3 aromatic carbocycles. The summed E-state index contributed by atoms with van der Waals surface area (Å²) in [5.74, 6) is 3.00. The maximum atomic E-state index is 6.30. The molecule has 7 heteroatoms. The molecule has 2 atom stereocenters. The molecule has 0 spiro atoms. The zero-order chi connectivity index (χ0) is 23.6. The summed E-state index contributed by atoms with van der Waals surface area (Å²) in [4.78, 5) is 16.7. The summed E-state index contributed by atoms with van der Waals surface area (Å²) in [6.07, 6.45) is 6.62. The summed E-state index contributed by atoms with van der Waals surface area (Å²) in [6, 6.07) is 16.1. The molecule has 2 unspecified atom stereocenters. The van der Waals surface area contributed by atoms with Crippen molar-refractivity contribution in [3.05, 3.63) is 65.9 Å². The number of ether oxygens (including phenoxy) is 1. The van der Waals surface area contributed by atoms with Crippen molar-refractivity contribution < 1.29 is 4.74 Å². The molecule has 3 aliphatic rings. The molecule has 2 saturated heterocycles. The van der Waals surface area contributed by atoms with Crippen LogP contribution in [0.1, 0.15) is 55.0 Å². The van der Waals surface area contributed by atoms with Gasteiger partial charge in [-0.05, 0) is 85.1 Å². The quantitative estimate of drug-likeness (QED) is 0.275. The number of hydrogen-bond donors (Lipinski definition) is 4. The smallest absolute Gasteiger partial charge is 0.128 e. The van der Waals surface area contributed by atoms with E-state index in [0.717, 1.165) is 76.6 Å². The lowest BCUT2D eigenvalue weighted by Crippen LogP contribution is -2.14. The van der Waals surface area contributed by atoms with Gasteiger partial charge in [0.05, 0.1) is 35.0 Å². The van der Waals surface area contributed by atoms with Crippen LogP contribution >= 0.6 is 0 Å². The van der Waals surface area contributed by atoms with E-state index >= 15 is 0 Å². The number of imidazole rings is 2. The van der Waals surface area contributed by atoms with Crippen LogP contribution in [-0.2, 0) is 6.61 Å². The highest BCUT2D eigenvalue weighted by Gasteiger charge is 2.23. The van der Waals surface area contributed by atoms with Crippen molar-refractivity contribution >= 4 is 21.8 Å². The normalized spacial score (nSPS) is 21.1. The Morgan fingerprint density at radius 1 is 0.833 bits per heavy atom. The topological polar surface area (TPSA) is 90.6 Å². The summed E-state index contributed by atoms with van der Waals surface area (Å²) < 4.78 is 6.30. The Balaban J connectivity index is 1.17. The Morgan fingerprint density at radius 2 is 1.69 bits per heavy atom. The number of nitrogens with zero attached hydrogens (tertiary/aromatic N) is 2. The predicted molar refractivity (Wildman–Crippen MR) is 141 cm³/mol. The van der Waals surface area contributed by atoms with Gasteiger partial charge in [0, 0.05) is 10.9 Å². The minimum Gasteiger partial charge on any atom is -0.488 e. The molecule has 5 aromatic rings. The average Bonchev–Trinajstić information content (AvgIpc) is 3.73. The second-order valence-corrected chi connectivity index (χ2v) is 10.3. The number of benzene rings is 3. The van der Waals surface area contributed by atoms with Crippen molar-refractivity contribution in [2.75, 3.05) is 13.1 Å². The number of aromatic nitrogens is 4. The molecule has 5 heterocycles. The summed E-state index contributed by atoms with van der Waals surface area (Å²) in [7, 11) is 0. The largest absolute Gasteiger partial charge is 0.488 e. The molecule has 0 amide bonds. The Labute approximate surface area is 208 Å². The molecule has 2 aromatic heterocycles. The molecule has 0 radical (unpaired) electrons. The molecule has 0 aliphatic carbocycles. The fourth-order valence-electron chi connectivity index (χ4n) is 6.13. The number of rotatable bonds is 3. The first-order valence-corrected chi connectivity index (χ1v) is 13.0. The Hall–Kier alpha value is -3.68. The fourth-order valence-corrected chi connectivity index (χ4v) is 6.13. The summed E-state index contributed by atoms with van der Waals surface area (Å²) >= 11 is 0. The first-order chi connectivity index (χ1) is 17.8. The maximum absolute atomic E-state index is 6.30. The lowest BCUT2D eigenvalue weighted by Gasteiger charge is -2.22. The maximum Gasteiger partial charge on any atom is 0.128 e. The van der Waals surface area contributed by atoms with Gasteiger partial charge in [-0.2, -0.15) is 0 Å². The second-order valence-electron chi connectivity index (χ2n) is 10.3. The number of nitrogens with one attached hydrogen (secondary N) is 4. The second kappa shape index (κ2) is 7.91. The van der Waals surface area contributed by atoms with Crippen LogP contribution in [0.2, 0.25) is 0 Å². The van der Waals surface area contributed by atoms with Crippen LogP contribution in [0.5, 0.6) is 5.75 Å². The molecule has 7 nitrogen and oxygen atoms in total. The third kappa shape index (κ3) is 3.20. The van der Waals surface area contributed by atoms with Gasteiger partial charge in [-0.15, -0.1) is 0 Å². The van der Waals surface area contributed by atoms with Crippen molar-refractivity contribution in [2.45, 2.75) is 44.4 Å². The molecule has 0 bridgehead atoms. The summed E-state index contributed by atoms with van der Waals surface area (Å²) in [5, 5.41) is 9.38. The molecular formula is C29H28N6O. The van der Waals surface area contributed by atoms with Gasteiger partial charge in [-0.1, -0.05) is 18.2 Å². The van der Waals surface area contributed by atoms with Crippen LogP contribution in [0.15, 0.2) is 48.7 Å². The van der Waals surface area contributed by atoms with E-state index in [9.17, 15) is 0 Å². The molecule has 180 valence electrons. The highest BCUT2D eigenvalue weighted by molar-refractivity contribution is 6.07. The van der Waals surface area contributed by atoms with Crippen molar-refractivity contribution in [1.29, 1.82) is 0 Å². The molecule has 0 saturated carbocycles. The number of fused-ring (bicyclic) bond motifs is 6. The van der Waals surface area contributed by atoms with Gasteiger partial charge in [0.15, 0.2) is 0 Å². The zero-order valence-corrected chi connectivity index (χ0v) is 20.0. The van der Waals surface area contributed by atoms with E-state index in [1.165, 1.54) is 29.4 Å². The first kappa shape index (κ1) is 20.5. The van der Waals surface area contributed by atoms with Gasteiger partial charge < -0.3 is 25.3 Å². The van der Waals surface area contributed by atoms with Gasteiger partial charge in [-0.3, -0.25) is 0 Å². The minimum atomic E-state index is 0.322. The third-order valence-electron chi connectivity index (χ3n) is 8.05. The monoisotopic (exact) mass is 476 g/mol. The lowest BCUT2D eigenvalue weighted by atomic mass is 9.92. The van der Waals surface area contributed by atoms with Crippen LogP contribution in [-0.4, -0.2) is 33.0 Å². The van der Waals surface area contributed by atoms with Crippen LogP contribution in [0, 0.1) is 0 Å². The average molecular weight is 477 g/mol. The summed E-state index contributed by atoms with van der Waals surface area (Å²) in [6.45, 7) is 2.68. The van der Waals surface area contributed by atoms with Crippen molar-refractivity contribution in [3.63, 3.8) is 0 Å². The van der Waals surface area contributed by atoms with Gasteiger partial charge in [0.2, 0.25) is 0 Å². The summed E-state index contributed by atoms with van der Waals surface area (Å²) in [5.41, 5.74) is 7.88. The molecule has 2 fully saturated rings. The fraction of sp³-hybridized carbons (Fsp3) is 0.310. The van der Waals surface area contributed by atoms with E-state index in [-0.39, 0.29) is 0 Å². The van der Waals surface area contributed by atoms with Gasteiger partial charge >= 0.3 is 0 Å². The molecule has 3 aliphatic heterocycles. The minimum absolute atomic E-state index is 0.322. The van der Waals surface area contributed by atoms with Gasteiger partial charge in [-0.25, -0.2) is 9.97 Å². The number of H-pyrrole nitrogens is 2. The van der Waals surface area contributed by atoms with Crippen LogP contribution in [0.25, 0.3) is 44.2 Å². The molecule has 4 N–H and O–H groups in total. The van der Waals surface area contributed by atoms with E-state index in [1.807, 2.05) is 6.20 Å². The van der Waals surface area contributed by atoms with Crippen molar-refractivity contribution in [2.24, 2.45) is 0 Å².